The van der Waals surface area contributed by atoms with Gasteiger partial charge < -0.3 is 15.1 Å². The lowest BCUT2D eigenvalue weighted by molar-refractivity contribution is 0.0937. The highest BCUT2D eigenvalue weighted by Crippen LogP contribution is 2.21. The third kappa shape index (κ3) is 4.02. The Morgan fingerprint density at radius 1 is 1.00 bits per heavy atom. The summed E-state index contributed by atoms with van der Waals surface area (Å²) in [5, 5.41) is 3.05. The average Bonchev–Trinajstić information content (AvgIpc) is 3.22. The predicted molar refractivity (Wildman–Crippen MR) is 103 cm³/mol. The molecule has 4 rings (SSSR count). The van der Waals surface area contributed by atoms with Crippen LogP contribution < -0.4 is 15.1 Å². The second kappa shape index (κ2) is 7.90. The number of hydrogen-bond donors (Lipinski definition) is 1. The predicted octanol–water partition coefficient (Wildman–Crippen LogP) is 2.61. The number of amides is 1. The van der Waals surface area contributed by atoms with Crippen molar-refractivity contribution >= 4 is 17.5 Å². The molecule has 0 unspecified atom stereocenters. The SMILES string of the molecule is O=C(NC1CCCC1)c1cnc(N2CCN(c3ccccc3F)CC2)nc1. The monoisotopic (exact) mass is 369 g/mol. The van der Waals surface area contributed by atoms with E-state index in [4.69, 9.17) is 0 Å². The number of carbonyl (C=O) groups excluding carboxylic acids is 1. The maximum Gasteiger partial charge on any atom is 0.254 e. The molecule has 7 heteroatoms. The molecule has 1 saturated heterocycles. The van der Waals surface area contributed by atoms with Crippen molar-refractivity contribution in [3.05, 3.63) is 48.0 Å². The molecule has 2 aliphatic rings. The number of rotatable bonds is 4. The summed E-state index contributed by atoms with van der Waals surface area (Å²) in [6.45, 7) is 2.83. The van der Waals surface area contributed by atoms with Gasteiger partial charge >= 0.3 is 0 Å². The lowest BCUT2D eigenvalue weighted by atomic mass is 10.2. The van der Waals surface area contributed by atoms with Gasteiger partial charge in [0.15, 0.2) is 0 Å². The summed E-state index contributed by atoms with van der Waals surface area (Å²) in [6.07, 6.45) is 7.65. The molecule has 1 aliphatic heterocycles. The number of anilines is 2. The quantitative estimate of drug-likeness (QED) is 0.898. The number of halogens is 1. The molecule has 6 nitrogen and oxygen atoms in total. The number of benzene rings is 1. The summed E-state index contributed by atoms with van der Waals surface area (Å²) in [6, 6.07) is 7.12. The van der Waals surface area contributed by atoms with Crippen molar-refractivity contribution in [2.45, 2.75) is 31.7 Å². The first-order valence-electron chi connectivity index (χ1n) is 9.58. The van der Waals surface area contributed by atoms with Crippen LogP contribution >= 0.6 is 0 Å². The second-order valence-electron chi connectivity index (χ2n) is 7.15. The summed E-state index contributed by atoms with van der Waals surface area (Å²) in [5.74, 6) is 0.318. The van der Waals surface area contributed by atoms with Gasteiger partial charge in [0.1, 0.15) is 5.82 Å². The summed E-state index contributed by atoms with van der Waals surface area (Å²) >= 11 is 0. The number of para-hydroxylation sites is 1. The van der Waals surface area contributed by atoms with Gasteiger partial charge in [-0.1, -0.05) is 25.0 Å². The third-order valence-corrected chi connectivity index (χ3v) is 5.35. The lowest BCUT2D eigenvalue weighted by Gasteiger charge is -2.36. The Labute approximate surface area is 158 Å². The second-order valence-corrected chi connectivity index (χ2v) is 7.15. The average molecular weight is 369 g/mol. The molecule has 2 aromatic rings. The number of aromatic nitrogens is 2. The van der Waals surface area contributed by atoms with Crippen molar-refractivity contribution in [3.63, 3.8) is 0 Å². The van der Waals surface area contributed by atoms with Gasteiger partial charge in [-0.15, -0.1) is 0 Å². The summed E-state index contributed by atoms with van der Waals surface area (Å²) in [7, 11) is 0. The van der Waals surface area contributed by atoms with Crippen LogP contribution in [0.15, 0.2) is 36.7 Å². The summed E-state index contributed by atoms with van der Waals surface area (Å²) in [5.41, 5.74) is 1.13. The molecular weight excluding hydrogens is 345 g/mol. The minimum Gasteiger partial charge on any atom is -0.366 e. The van der Waals surface area contributed by atoms with Crippen LogP contribution in [-0.4, -0.2) is 48.1 Å². The van der Waals surface area contributed by atoms with Crippen LogP contribution in [0.25, 0.3) is 0 Å². The normalized spacial score (nSPS) is 18.0. The van der Waals surface area contributed by atoms with Crippen molar-refractivity contribution in [1.82, 2.24) is 15.3 Å². The molecule has 1 saturated carbocycles. The number of piperazine rings is 1. The van der Waals surface area contributed by atoms with Crippen LogP contribution in [-0.2, 0) is 0 Å². The standard InChI is InChI=1S/C20H24FN5O/c21-17-7-3-4-8-18(17)25-9-11-26(12-10-25)20-22-13-15(14-23-20)19(27)24-16-5-1-2-6-16/h3-4,7-8,13-14,16H,1-2,5-6,9-12H2,(H,24,27). The highest BCUT2D eigenvalue weighted by molar-refractivity contribution is 5.93. The fourth-order valence-corrected chi connectivity index (χ4v) is 3.80. The molecule has 1 N–H and O–H groups in total. The van der Waals surface area contributed by atoms with E-state index in [0.29, 0.717) is 43.4 Å². The molecule has 1 amide bonds. The Balaban J connectivity index is 1.34. The highest BCUT2D eigenvalue weighted by Gasteiger charge is 2.22. The van der Waals surface area contributed by atoms with Crippen molar-refractivity contribution in [1.29, 1.82) is 0 Å². The topological polar surface area (TPSA) is 61.4 Å². The van der Waals surface area contributed by atoms with Gasteiger partial charge in [0.05, 0.1) is 11.3 Å². The Morgan fingerprint density at radius 2 is 1.63 bits per heavy atom. The molecule has 27 heavy (non-hydrogen) atoms. The fourth-order valence-electron chi connectivity index (χ4n) is 3.80. The zero-order chi connectivity index (χ0) is 18.6. The third-order valence-electron chi connectivity index (χ3n) is 5.35. The van der Waals surface area contributed by atoms with Crippen LogP contribution in [0.4, 0.5) is 16.0 Å². The van der Waals surface area contributed by atoms with Crippen LogP contribution in [0.1, 0.15) is 36.0 Å². The van der Waals surface area contributed by atoms with E-state index < -0.39 is 0 Å². The molecule has 0 spiro atoms. The number of nitrogens with one attached hydrogen (secondary N) is 1. The van der Waals surface area contributed by atoms with E-state index in [1.807, 2.05) is 11.0 Å². The molecule has 142 valence electrons. The zero-order valence-corrected chi connectivity index (χ0v) is 15.3. The number of hydrogen-bond acceptors (Lipinski definition) is 5. The molecule has 1 aromatic carbocycles. The van der Waals surface area contributed by atoms with Crippen LogP contribution in [0.5, 0.6) is 0 Å². The Hall–Kier alpha value is -2.70. The van der Waals surface area contributed by atoms with Gasteiger partial charge in [0.2, 0.25) is 5.95 Å². The highest BCUT2D eigenvalue weighted by atomic mass is 19.1. The van der Waals surface area contributed by atoms with Gasteiger partial charge in [0, 0.05) is 44.6 Å². The van der Waals surface area contributed by atoms with E-state index in [2.05, 4.69) is 20.2 Å². The lowest BCUT2D eigenvalue weighted by Crippen LogP contribution is -2.47. The molecule has 2 heterocycles. The molecule has 0 bridgehead atoms. The number of nitrogens with zero attached hydrogens (tertiary/aromatic N) is 4. The zero-order valence-electron chi connectivity index (χ0n) is 15.3. The van der Waals surface area contributed by atoms with Crippen LogP contribution in [0.2, 0.25) is 0 Å². The van der Waals surface area contributed by atoms with E-state index >= 15 is 0 Å². The van der Waals surface area contributed by atoms with E-state index in [9.17, 15) is 9.18 Å². The largest absolute Gasteiger partial charge is 0.366 e. The summed E-state index contributed by atoms with van der Waals surface area (Å²) < 4.78 is 13.9. The van der Waals surface area contributed by atoms with Crippen molar-refractivity contribution < 1.29 is 9.18 Å². The first-order chi connectivity index (χ1) is 13.2. The fraction of sp³-hybridized carbons (Fsp3) is 0.450. The maximum atomic E-state index is 13.9. The maximum absolute atomic E-state index is 13.9. The molecule has 1 aromatic heterocycles. The molecule has 0 radical (unpaired) electrons. The van der Waals surface area contributed by atoms with Crippen LogP contribution in [0.3, 0.4) is 0 Å². The van der Waals surface area contributed by atoms with Gasteiger partial charge in [-0.3, -0.25) is 4.79 Å². The summed E-state index contributed by atoms with van der Waals surface area (Å²) in [4.78, 5) is 25.1. The van der Waals surface area contributed by atoms with Crippen LogP contribution in [0, 0.1) is 5.82 Å². The van der Waals surface area contributed by atoms with E-state index in [0.717, 1.165) is 12.8 Å². The minimum atomic E-state index is -0.195. The van der Waals surface area contributed by atoms with Gasteiger partial charge in [-0.05, 0) is 25.0 Å². The first-order valence-corrected chi connectivity index (χ1v) is 9.58. The van der Waals surface area contributed by atoms with E-state index in [-0.39, 0.29) is 17.8 Å². The molecule has 2 fully saturated rings. The smallest absolute Gasteiger partial charge is 0.254 e. The number of carbonyl (C=O) groups is 1. The Bertz CT molecular complexity index is 783. The van der Waals surface area contributed by atoms with E-state index in [1.54, 1.807) is 24.5 Å². The van der Waals surface area contributed by atoms with E-state index in [1.165, 1.54) is 18.9 Å². The molecule has 1 aliphatic carbocycles. The van der Waals surface area contributed by atoms with Gasteiger partial charge in [-0.25, -0.2) is 14.4 Å². The van der Waals surface area contributed by atoms with Gasteiger partial charge in [-0.2, -0.15) is 0 Å². The Kier molecular flexibility index (Phi) is 5.18. The van der Waals surface area contributed by atoms with Crippen molar-refractivity contribution in [2.75, 3.05) is 36.0 Å². The molecule has 0 atom stereocenters. The molecular formula is C20H24FN5O. The van der Waals surface area contributed by atoms with Crippen molar-refractivity contribution in [2.24, 2.45) is 0 Å². The first kappa shape index (κ1) is 17.7. The Morgan fingerprint density at radius 3 is 2.30 bits per heavy atom. The van der Waals surface area contributed by atoms with Crippen molar-refractivity contribution in [3.8, 4) is 0 Å². The minimum absolute atomic E-state index is 0.0992. The van der Waals surface area contributed by atoms with Gasteiger partial charge in [0.25, 0.3) is 5.91 Å².